The van der Waals surface area contributed by atoms with Gasteiger partial charge in [0.05, 0.1) is 31.4 Å². The number of benzene rings is 1. The lowest BCUT2D eigenvalue weighted by molar-refractivity contribution is -0.0194. The molecule has 4 rings (SSSR count). The van der Waals surface area contributed by atoms with Crippen LogP contribution in [-0.2, 0) is 6.54 Å². The van der Waals surface area contributed by atoms with Crippen LogP contribution in [0.3, 0.4) is 0 Å². The number of halogens is 2. The lowest BCUT2D eigenvalue weighted by Crippen LogP contribution is -2.50. The van der Waals surface area contributed by atoms with Crippen LogP contribution in [0.5, 0.6) is 0 Å². The molecule has 1 N–H and O–H groups in total. The van der Waals surface area contributed by atoms with E-state index in [4.69, 9.17) is 0 Å². The Bertz CT molecular complexity index is 1030. The van der Waals surface area contributed by atoms with Crippen LogP contribution in [0.1, 0.15) is 11.7 Å². The number of hydrogen-bond acceptors (Lipinski definition) is 5. The minimum Gasteiger partial charge on any atom is -0.387 e. The molecule has 0 bridgehead atoms. The van der Waals surface area contributed by atoms with Gasteiger partial charge in [0.15, 0.2) is 0 Å². The number of alkyl halides is 2. The SMILES string of the molecule is O=c1cc(-c2ccncc2)nc2n1CC(F)(F)CN2C[C@H](O)c1ccccc1. The van der Waals surface area contributed by atoms with E-state index in [1.54, 1.807) is 48.8 Å². The maximum atomic E-state index is 14.3. The molecule has 0 fully saturated rings. The monoisotopic (exact) mass is 384 g/mol. The molecule has 0 unspecified atom stereocenters. The van der Waals surface area contributed by atoms with Crippen LogP contribution in [0.15, 0.2) is 65.7 Å². The van der Waals surface area contributed by atoms with Crippen LogP contribution in [0.2, 0.25) is 0 Å². The summed E-state index contributed by atoms with van der Waals surface area (Å²) in [6.45, 7) is -1.46. The number of pyridine rings is 1. The molecular formula is C20H18F2N4O2. The van der Waals surface area contributed by atoms with Gasteiger partial charge >= 0.3 is 0 Å². The van der Waals surface area contributed by atoms with Gasteiger partial charge in [-0.1, -0.05) is 30.3 Å². The first kappa shape index (κ1) is 18.2. The first-order valence-corrected chi connectivity index (χ1v) is 8.81. The quantitative estimate of drug-likeness (QED) is 0.748. The lowest BCUT2D eigenvalue weighted by atomic mass is 10.1. The van der Waals surface area contributed by atoms with Gasteiger partial charge in [0.2, 0.25) is 5.95 Å². The molecule has 8 heteroatoms. The van der Waals surface area contributed by atoms with E-state index in [0.717, 1.165) is 4.57 Å². The number of rotatable bonds is 4. The van der Waals surface area contributed by atoms with Crippen LogP contribution in [0.25, 0.3) is 11.3 Å². The number of β-amino-alcohol motifs (C(OH)–C–C–N with tert-alkyl or cyclic N) is 1. The molecule has 0 amide bonds. The van der Waals surface area contributed by atoms with Crippen molar-refractivity contribution in [1.29, 1.82) is 0 Å². The number of fused-ring (bicyclic) bond motifs is 1. The van der Waals surface area contributed by atoms with Gasteiger partial charge in [-0.15, -0.1) is 0 Å². The molecule has 144 valence electrons. The average Bonchev–Trinajstić information content (AvgIpc) is 2.69. The fourth-order valence-electron chi connectivity index (χ4n) is 3.32. The van der Waals surface area contributed by atoms with Crippen molar-refractivity contribution in [2.24, 2.45) is 0 Å². The summed E-state index contributed by atoms with van der Waals surface area (Å²) in [5.74, 6) is -2.98. The van der Waals surface area contributed by atoms with Gasteiger partial charge in [0, 0.05) is 24.0 Å². The zero-order valence-electron chi connectivity index (χ0n) is 14.9. The van der Waals surface area contributed by atoms with Crippen molar-refractivity contribution in [1.82, 2.24) is 14.5 Å². The summed E-state index contributed by atoms with van der Waals surface area (Å²) in [6, 6.07) is 13.4. The summed E-state index contributed by atoms with van der Waals surface area (Å²) in [5.41, 5.74) is 1.09. The molecule has 1 aliphatic rings. The molecular weight excluding hydrogens is 366 g/mol. The molecule has 1 atom stereocenters. The Morgan fingerprint density at radius 1 is 1.11 bits per heavy atom. The van der Waals surface area contributed by atoms with E-state index in [1.807, 2.05) is 6.07 Å². The summed E-state index contributed by atoms with van der Waals surface area (Å²) in [7, 11) is 0. The minimum atomic E-state index is -3.10. The maximum absolute atomic E-state index is 14.3. The summed E-state index contributed by atoms with van der Waals surface area (Å²) < 4.78 is 29.5. The standard InChI is InChI=1S/C20H18F2N4O2/c21-20(22)12-25(11-17(27)15-4-2-1-3-5-15)19-24-16(10-18(28)26(19)13-20)14-6-8-23-9-7-14/h1-10,17,27H,11-13H2/t17-/m0/s1. The van der Waals surface area contributed by atoms with E-state index in [9.17, 15) is 18.7 Å². The second-order valence-electron chi connectivity index (χ2n) is 6.76. The van der Waals surface area contributed by atoms with Gasteiger partial charge in [-0.2, -0.15) is 0 Å². The highest BCUT2D eigenvalue weighted by Crippen LogP contribution is 2.30. The molecule has 0 radical (unpaired) electrons. The predicted octanol–water partition coefficient (Wildman–Crippen LogP) is 2.49. The van der Waals surface area contributed by atoms with Crippen molar-refractivity contribution in [3.8, 4) is 11.3 Å². The van der Waals surface area contributed by atoms with Crippen LogP contribution in [0, 0.1) is 0 Å². The van der Waals surface area contributed by atoms with Crippen molar-refractivity contribution < 1.29 is 13.9 Å². The Kier molecular flexibility index (Phi) is 4.64. The predicted molar refractivity (Wildman–Crippen MR) is 100 cm³/mol. The number of aliphatic hydroxyl groups excluding tert-OH is 1. The van der Waals surface area contributed by atoms with Crippen LogP contribution in [-0.4, -0.2) is 38.7 Å². The Morgan fingerprint density at radius 2 is 1.82 bits per heavy atom. The molecule has 1 aliphatic heterocycles. The summed E-state index contributed by atoms with van der Waals surface area (Å²) in [4.78, 5) is 22.2. The highest BCUT2D eigenvalue weighted by atomic mass is 19.3. The van der Waals surface area contributed by atoms with Crippen molar-refractivity contribution in [3.05, 3.63) is 76.8 Å². The first-order valence-electron chi connectivity index (χ1n) is 8.81. The Labute approximate surface area is 159 Å². The highest BCUT2D eigenvalue weighted by Gasteiger charge is 2.40. The molecule has 0 saturated heterocycles. The minimum absolute atomic E-state index is 0.105. The van der Waals surface area contributed by atoms with Crippen molar-refractivity contribution >= 4 is 5.95 Å². The van der Waals surface area contributed by atoms with Crippen LogP contribution < -0.4 is 10.5 Å². The van der Waals surface area contributed by atoms with Gasteiger partial charge in [-0.05, 0) is 17.7 Å². The Balaban J connectivity index is 1.74. The molecule has 28 heavy (non-hydrogen) atoms. The average molecular weight is 384 g/mol. The maximum Gasteiger partial charge on any atom is 0.283 e. The van der Waals surface area contributed by atoms with E-state index >= 15 is 0 Å². The number of anilines is 1. The zero-order chi connectivity index (χ0) is 19.7. The fraction of sp³-hybridized carbons (Fsp3) is 0.250. The van der Waals surface area contributed by atoms with Crippen LogP contribution in [0.4, 0.5) is 14.7 Å². The summed E-state index contributed by atoms with van der Waals surface area (Å²) in [6.07, 6.45) is 2.14. The van der Waals surface area contributed by atoms with Gasteiger partial charge in [0.1, 0.15) is 0 Å². The Hall–Kier alpha value is -3.13. The molecule has 3 aromatic rings. The third kappa shape index (κ3) is 3.63. The molecule has 6 nitrogen and oxygen atoms in total. The fourth-order valence-corrected chi connectivity index (χ4v) is 3.32. The van der Waals surface area contributed by atoms with Gasteiger partial charge in [0.25, 0.3) is 11.5 Å². The lowest BCUT2D eigenvalue weighted by Gasteiger charge is -2.36. The number of hydrogen-bond donors (Lipinski definition) is 1. The molecule has 0 saturated carbocycles. The normalized spacial score (nSPS) is 16.5. The van der Waals surface area contributed by atoms with E-state index in [0.29, 0.717) is 16.8 Å². The summed E-state index contributed by atoms with van der Waals surface area (Å²) >= 11 is 0. The number of nitrogens with zero attached hydrogens (tertiary/aromatic N) is 4. The van der Waals surface area contributed by atoms with E-state index in [2.05, 4.69) is 9.97 Å². The molecule has 1 aromatic carbocycles. The zero-order valence-corrected chi connectivity index (χ0v) is 14.9. The van der Waals surface area contributed by atoms with E-state index in [-0.39, 0.29) is 12.5 Å². The van der Waals surface area contributed by atoms with Gasteiger partial charge in [-0.3, -0.25) is 14.3 Å². The number of aromatic nitrogens is 3. The molecule has 0 aliphatic carbocycles. The molecule has 2 aromatic heterocycles. The van der Waals surface area contributed by atoms with Gasteiger partial charge < -0.3 is 10.0 Å². The second-order valence-corrected chi connectivity index (χ2v) is 6.76. The smallest absolute Gasteiger partial charge is 0.283 e. The highest BCUT2D eigenvalue weighted by molar-refractivity contribution is 5.59. The van der Waals surface area contributed by atoms with Crippen LogP contribution >= 0.6 is 0 Å². The largest absolute Gasteiger partial charge is 0.387 e. The third-order valence-corrected chi connectivity index (χ3v) is 4.64. The van der Waals surface area contributed by atoms with E-state index < -0.39 is 30.7 Å². The van der Waals surface area contributed by atoms with Crippen molar-refractivity contribution in [2.45, 2.75) is 18.6 Å². The van der Waals surface area contributed by atoms with E-state index in [1.165, 1.54) is 11.0 Å². The topological polar surface area (TPSA) is 71.2 Å². The third-order valence-electron chi connectivity index (χ3n) is 4.64. The Morgan fingerprint density at radius 3 is 2.54 bits per heavy atom. The molecule has 3 heterocycles. The molecule has 0 spiro atoms. The summed E-state index contributed by atoms with van der Waals surface area (Å²) in [5, 5.41) is 10.5. The first-order chi connectivity index (χ1) is 13.4. The van der Waals surface area contributed by atoms with Crippen molar-refractivity contribution in [3.63, 3.8) is 0 Å². The van der Waals surface area contributed by atoms with Gasteiger partial charge in [-0.25, -0.2) is 13.8 Å². The second kappa shape index (κ2) is 7.12. The number of aliphatic hydroxyl groups is 1. The van der Waals surface area contributed by atoms with Crippen molar-refractivity contribution in [2.75, 3.05) is 18.0 Å².